The molecule has 0 aliphatic heterocycles. The third kappa shape index (κ3) is 4.95. The molecule has 0 unspecified atom stereocenters. The zero-order valence-corrected chi connectivity index (χ0v) is 14.1. The first kappa shape index (κ1) is 18.3. The van der Waals surface area contributed by atoms with Gasteiger partial charge in [-0.2, -0.15) is 0 Å². The number of hydrogen-bond acceptors (Lipinski definition) is 5. The van der Waals surface area contributed by atoms with Crippen LogP contribution in [0.25, 0.3) is 0 Å². The van der Waals surface area contributed by atoms with Crippen LogP contribution in [0.1, 0.15) is 20.7 Å². The summed E-state index contributed by atoms with van der Waals surface area (Å²) < 4.78 is 4.93. The number of halogens is 1. The van der Waals surface area contributed by atoms with Crippen LogP contribution in [-0.2, 0) is 9.53 Å². The molecule has 4 N–H and O–H groups in total. The molecule has 0 saturated heterocycles. The highest BCUT2D eigenvalue weighted by molar-refractivity contribution is 6.31. The van der Waals surface area contributed by atoms with E-state index >= 15 is 0 Å². The predicted molar refractivity (Wildman–Crippen MR) is 94.6 cm³/mol. The Morgan fingerprint density at radius 3 is 2.60 bits per heavy atom. The number of amides is 2. The summed E-state index contributed by atoms with van der Waals surface area (Å²) in [7, 11) is 1.51. The van der Waals surface area contributed by atoms with Gasteiger partial charge in [-0.25, -0.2) is 4.79 Å². The highest BCUT2D eigenvalue weighted by Crippen LogP contribution is 2.18. The van der Waals surface area contributed by atoms with Crippen LogP contribution in [0.2, 0.25) is 5.02 Å². The van der Waals surface area contributed by atoms with Crippen LogP contribution in [0.5, 0.6) is 0 Å². The van der Waals surface area contributed by atoms with Gasteiger partial charge in [0.25, 0.3) is 11.8 Å². The van der Waals surface area contributed by atoms with Crippen molar-refractivity contribution in [3.05, 3.63) is 58.6 Å². The fourth-order valence-corrected chi connectivity index (χ4v) is 2.19. The Hall–Kier alpha value is -3.06. The average Bonchev–Trinajstić information content (AvgIpc) is 2.59. The van der Waals surface area contributed by atoms with Crippen LogP contribution in [0.4, 0.5) is 11.4 Å². The zero-order valence-electron chi connectivity index (χ0n) is 13.3. The SMILES string of the molecule is CNC(=O)c1cccc(NC(=O)COC(=O)c2ccc(Cl)cc2N)c1. The number of nitrogen functional groups attached to an aromatic ring is 1. The first-order valence-corrected chi connectivity index (χ1v) is 7.62. The Morgan fingerprint density at radius 1 is 1.16 bits per heavy atom. The van der Waals surface area contributed by atoms with Crippen LogP contribution in [0, 0.1) is 0 Å². The fourth-order valence-electron chi connectivity index (χ4n) is 2.01. The van der Waals surface area contributed by atoms with Gasteiger partial charge in [-0.05, 0) is 36.4 Å². The van der Waals surface area contributed by atoms with Gasteiger partial charge in [0.1, 0.15) is 0 Å². The van der Waals surface area contributed by atoms with Crippen LogP contribution in [-0.4, -0.2) is 31.4 Å². The Morgan fingerprint density at radius 2 is 1.92 bits per heavy atom. The van der Waals surface area contributed by atoms with E-state index in [9.17, 15) is 14.4 Å². The largest absolute Gasteiger partial charge is 0.452 e. The number of nitrogens with one attached hydrogen (secondary N) is 2. The second-order valence-electron chi connectivity index (χ2n) is 5.02. The number of rotatable bonds is 5. The van der Waals surface area contributed by atoms with Crippen molar-refractivity contribution in [3.8, 4) is 0 Å². The van der Waals surface area contributed by atoms with E-state index in [1.165, 1.54) is 31.3 Å². The van der Waals surface area contributed by atoms with E-state index in [1.807, 2.05) is 0 Å². The van der Waals surface area contributed by atoms with E-state index in [0.717, 1.165) is 0 Å². The summed E-state index contributed by atoms with van der Waals surface area (Å²) >= 11 is 5.76. The lowest BCUT2D eigenvalue weighted by Gasteiger charge is -2.09. The van der Waals surface area contributed by atoms with Crippen molar-refractivity contribution >= 4 is 40.8 Å². The minimum absolute atomic E-state index is 0.124. The molecule has 2 aromatic carbocycles. The van der Waals surface area contributed by atoms with Gasteiger partial charge in [0.2, 0.25) is 0 Å². The van der Waals surface area contributed by atoms with Gasteiger partial charge in [0.05, 0.1) is 5.56 Å². The zero-order chi connectivity index (χ0) is 18.4. The van der Waals surface area contributed by atoms with E-state index < -0.39 is 18.5 Å². The summed E-state index contributed by atoms with van der Waals surface area (Å²) in [4.78, 5) is 35.4. The summed E-state index contributed by atoms with van der Waals surface area (Å²) in [6.45, 7) is -0.495. The molecule has 0 saturated carbocycles. The lowest BCUT2D eigenvalue weighted by molar-refractivity contribution is -0.119. The summed E-state index contributed by atoms with van der Waals surface area (Å²) in [5.41, 5.74) is 6.78. The molecule has 0 aliphatic rings. The summed E-state index contributed by atoms with van der Waals surface area (Å²) in [5, 5.41) is 5.42. The molecule has 2 rings (SSSR count). The van der Waals surface area contributed by atoms with Gasteiger partial charge in [0.15, 0.2) is 6.61 Å². The highest BCUT2D eigenvalue weighted by Gasteiger charge is 2.14. The van der Waals surface area contributed by atoms with Gasteiger partial charge < -0.3 is 21.1 Å². The Labute approximate surface area is 149 Å². The highest BCUT2D eigenvalue weighted by atomic mass is 35.5. The van der Waals surface area contributed by atoms with Crippen molar-refractivity contribution in [1.82, 2.24) is 5.32 Å². The molecule has 0 fully saturated rings. The second kappa shape index (κ2) is 8.16. The maximum atomic E-state index is 11.9. The molecule has 130 valence electrons. The molecule has 0 bridgehead atoms. The minimum Gasteiger partial charge on any atom is -0.452 e. The third-order valence-electron chi connectivity index (χ3n) is 3.20. The lowest BCUT2D eigenvalue weighted by atomic mass is 10.2. The van der Waals surface area contributed by atoms with Gasteiger partial charge in [-0.1, -0.05) is 17.7 Å². The molecule has 0 aromatic heterocycles. The molecule has 7 nitrogen and oxygen atoms in total. The number of ether oxygens (including phenoxy) is 1. The number of hydrogen-bond donors (Lipinski definition) is 3. The topological polar surface area (TPSA) is 111 Å². The molecule has 0 atom stereocenters. The van der Waals surface area contributed by atoms with Gasteiger partial charge >= 0.3 is 5.97 Å². The van der Waals surface area contributed by atoms with Crippen LogP contribution < -0.4 is 16.4 Å². The third-order valence-corrected chi connectivity index (χ3v) is 3.44. The van der Waals surface area contributed by atoms with E-state index in [2.05, 4.69) is 10.6 Å². The standard InChI is InChI=1S/C17H16ClN3O4/c1-20-16(23)10-3-2-4-12(7-10)21-15(22)9-25-17(24)13-6-5-11(18)8-14(13)19/h2-8H,9,19H2,1H3,(H,20,23)(H,21,22). The first-order chi connectivity index (χ1) is 11.9. The fraction of sp³-hybridized carbons (Fsp3) is 0.118. The van der Waals surface area contributed by atoms with Crippen molar-refractivity contribution in [3.63, 3.8) is 0 Å². The molecular formula is C17H16ClN3O4. The van der Waals surface area contributed by atoms with Crippen molar-refractivity contribution in [2.45, 2.75) is 0 Å². The van der Waals surface area contributed by atoms with Crippen molar-refractivity contribution in [2.75, 3.05) is 24.7 Å². The molecule has 2 aromatic rings. The van der Waals surface area contributed by atoms with Crippen LogP contribution in [0.3, 0.4) is 0 Å². The van der Waals surface area contributed by atoms with E-state index in [1.54, 1.807) is 18.2 Å². The monoisotopic (exact) mass is 361 g/mol. The average molecular weight is 362 g/mol. The maximum absolute atomic E-state index is 11.9. The van der Waals surface area contributed by atoms with Gasteiger partial charge in [0, 0.05) is 29.0 Å². The molecule has 0 aliphatic carbocycles. The van der Waals surface area contributed by atoms with Gasteiger partial charge in [-0.15, -0.1) is 0 Å². The van der Waals surface area contributed by atoms with Crippen molar-refractivity contribution < 1.29 is 19.1 Å². The molecule has 0 heterocycles. The molecule has 0 radical (unpaired) electrons. The number of esters is 1. The summed E-state index contributed by atoms with van der Waals surface area (Å²) in [5.74, 6) is -1.56. The minimum atomic E-state index is -0.733. The van der Waals surface area contributed by atoms with Crippen molar-refractivity contribution in [1.29, 1.82) is 0 Å². The normalized spacial score (nSPS) is 10.0. The van der Waals surface area contributed by atoms with Gasteiger partial charge in [-0.3, -0.25) is 9.59 Å². The number of benzene rings is 2. The number of carbonyl (C=O) groups excluding carboxylic acids is 3. The lowest BCUT2D eigenvalue weighted by Crippen LogP contribution is -2.22. The Kier molecular flexibility index (Phi) is 5.97. The number of anilines is 2. The summed E-state index contributed by atoms with van der Waals surface area (Å²) in [6.07, 6.45) is 0. The molecule has 8 heteroatoms. The molecule has 25 heavy (non-hydrogen) atoms. The van der Waals surface area contributed by atoms with Crippen LogP contribution >= 0.6 is 11.6 Å². The number of carbonyl (C=O) groups is 3. The van der Waals surface area contributed by atoms with E-state index in [0.29, 0.717) is 16.3 Å². The molecular weight excluding hydrogens is 346 g/mol. The molecule has 2 amide bonds. The first-order valence-electron chi connectivity index (χ1n) is 7.25. The quantitative estimate of drug-likeness (QED) is 0.557. The van der Waals surface area contributed by atoms with Crippen LogP contribution in [0.15, 0.2) is 42.5 Å². The van der Waals surface area contributed by atoms with E-state index in [-0.39, 0.29) is 17.2 Å². The molecule has 0 spiro atoms. The number of nitrogens with two attached hydrogens (primary N) is 1. The van der Waals surface area contributed by atoms with E-state index in [4.69, 9.17) is 22.1 Å². The summed E-state index contributed by atoms with van der Waals surface area (Å²) in [6, 6.07) is 10.7. The predicted octanol–water partition coefficient (Wildman–Crippen LogP) is 2.08. The Balaban J connectivity index is 1.94. The van der Waals surface area contributed by atoms with Crippen molar-refractivity contribution in [2.24, 2.45) is 0 Å². The second-order valence-corrected chi connectivity index (χ2v) is 5.45. The smallest absolute Gasteiger partial charge is 0.340 e. The Bertz CT molecular complexity index is 823. The maximum Gasteiger partial charge on any atom is 0.340 e.